The van der Waals surface area contributed by atoms with Crippen LogP contribution in [-0.2, 0) is 0 Å². The molecule has 0 amide bonds. The van der Waals surface area contributed by atoms with Gasteiger partial charge in [-0.05, 0) is 92.5 Å². The number of nitrogens with one attached hydrogen (secondary N) is 7. The molecule has 2 saturated carbocycles. The van der Waals surface area contributed by atoms with E-state index in [4.69, 9.17) is 5.53 Å². The molecule has 2 aliphatic carbocycles. The standard InChI is InChI=1S/C11H25N3.C9H19NO.C6H13N.C6H15N.C5H13N.C4H11N.C3H8N3.ClH.H3N/c1-11(2)12-5-4-6-14-9-7-13(3)8-10-14;1-7(2)10-8-3-5-9(11)6-4-8;1-5(2)7-6-3-4-6;1-5(2)7-6(3)4;1-4-6-5(2)3;1-4(2)5-3;1-3(2)5-6-4;;/h11-12H,4-10H2,1-3H3;7-11H,3-6H2,1-2H3;5-7H,3-4H2,1-2H3;5-7H,1-4H3;5-6H,4H2,1-3H3;4-5H,1-3H3;3-4H,1-2H3;1H;1H3/q;;;;;;+1;;. The van der Waals surface area contributed by atoms with Crippen molar-refractivity contribution in [3.8, 4) is 0 Å². The summed E-state index contributed by atoms with van der Waals surface area (Å²) in [6.07, 6.45) is 8.28. The molecule has 0 aromatic heterocycles. The normalized spacial score (nSPS) is 17.7. The first kappa shape index (κ1) is 68.9. The molecule has 11 N–H and O–H groups in total. The lowest BCUT2D eigenvalue weighted by Crippen LogP contribution is -2.45. The molecule has 0 aromatic rings. The molecular weight excluding hydrogens is 748 g/mol. The van der Waals surface area contributed by atoms with Crippen LogP contribution in [0.1, 0.15) is 163 Å². The smallest absolute Gasteiger partial charge is 0.214 e. The first-order valence-corrected chi connectivity index (χ1v) is 22.7. The second kappa shape index (κ2) is 47.3. The quantitative estimate of drug-likeness (QED) is 0.0452. The van der Waals surface area contributed by atoms with Gasteiger partial charge in [-0.3, -0.25) is 0 Å². The van der Waals surface area contributed by atoms with Gasteiger partial charge in [0.25, 0.3) is 0 Å². The van der Waals surface area contributed by atoms with E-state index in [9.17, 15) is 5.11 Å². The van der Waals surface area contributed by atoms with Crippen LogP contribution in [0.4, 0.5) is 0 Å². The van der Waals surface area contributed by atoms with Crippen LogP contribution in [0.25, 0.3) is 0 Å². The number of nitrogens with zero attached hydrogens (tertiary/aromatic N) is 4. The molecule has 0 bridgehead atoms. The van der Waals surface area contributed by atoms with E-state index in [1.807, 2.05) is 20.9 Å². The van der Waals surface area contributed by atoms with Crippen LogP contribution in [-0.4, -0.2) is 141 Å². The number of aliphatic hydroxyl groups is 1. The Labute approximate surface area is 368 Å². The van der Waals surface area contributed by atoms with Gasteiger partial charge in [-0.25, -0.2) is 0 Å². The Bertz CT molecular complexity index is 807. The minimum absolute atomic E-state index is 0. The van der Waals surface area contributed by atoms with Crippen LogP contribution in [0, 0.1) is 5.53 Å². The first-order chi connectivity index (χ1) is 26.1. The molecule has 13 nitrogen and oxygen atoms in total. The molecule has 14 heteroatoms. The molecular formula is C44H108ClN12O+. The van der Waals surface area contributed by atoms with E-state index in [1.165, 1.54) is 52.0 Å². The van der Waals surface area contributed by atoms with E-state index in [0.29, 0.717) is 48.3 Å². The van der Waals surface area contributed by atoms with Crippen molar-refractivity contribution in [2.75, 3.05) is 59.9 Å². The fourth-order valence-electron chi connectivity index (χ4n) is 5.39. The van der Waals surface area contributed by atoms with Crippen LogP contribution in [0.5, 0.6) is 0 Å². The molecule has 0 unspecified atom stereocenters. The van der Waals surface area contributed by atoms with Crippen LogP contribution in [0.2, 0.25) is 0 Å². The Morgan fingerprint density at radius 3 is 1.26 bits per heavy atom. The minimum atomic E-state index is -0.0276. The number of rotatable bonds is 15. The topological polar surface area (TPSA) is 184 Å². The maximum absolute atomic E-state index is 9.23. The van der Waals surface area contributed by atoms with Gasteiger partial charge in [0.2, 0.25) is 4.91 Å². The third-order valence-electron chi connectivity index (χ3n) is 8.36. The molecule has 0 spiro atoms. The number of halogens is 1. The highest BCUT2D eigenvalue weighted by atomic mass is 35.5. The highest BCUT2D eigenvalue weighted by Gasteiger charge is 2.21. The zero-order valence-electron chi connectivity index (χ0n) is 42.1. The highest BCUT2D eigenvalue weighted by molar-refractivity contribution is 5.85. The minimum Gasteiger partial charge on any atom is -0.393 e. The molecule has 3 rings (SSSR count). The fraction of sp³-hybridized carbons (Fsp3) is 1.00. The van der Waals surface area contributed by atoms with E-state index in [1.54, 1.807) is 0 Å². The Hall–Kier alpha value is -0.800. The summed E-state index contributed by atoms with van der Waals surface area (Å²) in [6.45, 7) is 44.6. The van der Waals surface area contributed by atoms with E-state index in [-0.39, 0.29) is 30.7 Å². The van der Waals surface area contributed by atoms with Crippen molar-refractivity contribution in [1.82, 2.24) is 52.8 Å². The summed E-state index contributed by atoms with van der Waals surface area (Å²) < 4.78 is 0. The predicted octanol–water partition coefficient (Wildman–Crippen LogP) is 7.60. The lowest BCUT2D eigenvalue weighted by atomic mass is 9.93. The van der Waals surface area contributed by atoms with Gasteiger partial charge in [-0.1, -0.05) is 104 Å². The number of hydrogen-bond acceptors (Lipinski definition) is 12. The van der Waals surface area contributed by atoms with Gasteiger partial charge in [-0.2, -0.15) is 0 Å². The predicted molar refractivity (Wildman–Crippen MR) is 261 cm³/mol. The largest absolute Gasteiger partial charge is 0.393 e. The summed E-state index contributed by atoms with van der Waals surface area (Å²) in [5.74, 6) is 0. The van der Waals surface area contributed by atoms with Gasteiger partial charge in [0.1, 0.15) is 16.7 Å². The Kier molecular flexibility index (Phi) is 56.1. The van der Waals surface area contributed by atoms with Crippen LogP contribution in [0.15, 0.2) is 5.11 Å². The van der Waals surface area contributed by atoms with E-state index >= 15 is 0 Å². The van der Waals surface area contributed by atoms with Crippen LogP contribution < -0.4 is 43.0 Å². The Morgan fingerprint density at radius 1 is 0.638 bits per heavy atom. The van der Waals surface area contributed by atoms with Gasteiger partial charge >= 0.3 is 0 Å². The molecule has 356 valence electrons. The van der Waals surface area contributed by atoms with Crippen molar-refractivity contribution in [2.45, 2.75) is 229 Å². The molecule has 3 aliphatic rings. The molecule has 58 heavy (non-hydrogen) atoms. The summed E-state index contributed by atoms with van der Waals surface area (Å²) in [5.41, 5.74) is 6.19. The third kappa shape index (κ3) is 67.0. The van der Waals surface area contributed by atoms with Crippen LogP contribution >= 0.6 is 12.4 Å². The molecule has 0 radical (unpaired) electrons. The number of likely N-dealkylation sites (N-methyl/N-ethyl adjacent to an activating group) is 1. The average molecular weight is 857 g/mol. The van der Waals surface area contributed by atoms with Crippen molar-refractivity contribution >= 4 is 12.4 Å². The lowest BCUT2D eigenvalue weighted by molar-refractivity contribution is 0.115. The van der Waals surface area contributed by atoms with Gasteiger partial charge in [0.05, 0.1) is 6.10 Å². The maximum atomic E-state index is 9.23. The number of aliphatic hydroxyl groups excluding tert-OH is 1. The zero-order valence-corrected chi connectivity index (χ0v) is 42.9. The van der Waals surface area contributed by atoms with Crippen molar-refractivity contribution in [1.29, 1.82) is 5.53 Å². The second-order valence-corrected chi connectivity index (χ2v) is 18.0. The molecule has 1 saturated heterocycles. The van der Waals surface area contributed by atoms with Crippen molar-refractivity contribution < 1.29 is 5.11 Å². The van der Waals surface area contributed by atoms with E-state index in [2.05, 4.69) is 163 Å². The SMILES string of the molecule is CC(C)N=[N+]=N.CC(C)NC(C)C.CC(C)NC1CC1.CC(C)NC1CCC(O)CC1.CC(C)NCCCN1CCN(C)CC1.CCNC(C)C.CNC(C)C.Cl.N. The molecule has 1 aliphatic heterocycles. The summed E-state index contributed by atoms with van der Waals surface area (Å²) >= 11 is 0. The summed E-state index contributed by atoms with van der Waals surface area (Å²) in [5, 5.41) is 32.6. The number of piperazine rings is 1. The average Bonchev–Trinajstić information content (AvgIpc) is 3.89. The Balaban J connectivity index is -0.000000140. The zero-order chi connectivity index (χ0) is 44.1. The molecule has 1 heterocycles. The number of hydrogen-bond donors (Lipinski definition) is 9. The molecule has 0 aromatic carbocycles. The summed E-state index contributed by atoms with van der Waals surface area (Å²) in [6, 6.07) is 6.12. The molecule has 0 atom stereocenters. The fourth-order valence-corrected chi connectivity index (χ4v) is 5.39. The van der Waals surface area contributed by atoms with E-state index in [0.717, 1.165) is 44.8 Å². The van der Waals surface area contributed by atoms with Crippen molar-refractivity contribution in [2.24, 2.45) is 5.11 Å². The van der Waals surface area contributed by atoms with Gasteiger partial charge in [0.15, 0.2) is 0 Å². The van der Waals surface area contributed by atoms with Crippen molar-refractivity contribution in [3.63, 3.8) is 0 Å². The molecule has 3 fully saturated rings. The lowest BCUT2D eigenvalue weighted by Gasteiger charge is -2.32. The van der Waals surface area contributed by atoms with Gasteiger partial charge < -0.3 is 53.0 Å². The first-order valence-electron chi connectivity index (χ1n) is 22.7. The summed E-state index contributed by atoms with van der Waals surface area (Å²) in [7, 11) is 4.16. The van der Waals surface area contributed by atoms with Gasteiger partial charge in [0, 0.05) is 80.6 Å². The second-order valence-electron chi connectivity index (χ2n) is 18.0. The van der Waals surface area contributed by atoms with Gasteiger partial charge in [-0.15, -0.1) is 12.4 Å². The van der Waals surface area contributed by atoms with Crippen molar-refractivity contribution in [3.05, 3.63) is 0 Å². The summed E-state index contributed by atoms with van der Waals surface area (Å²) in [4.78, 5) is 7.79. The Morgan fingerprint density at radius 2 is 1.03 bits per heavy atom. The van der Waals surface area contributed by atoms with Crippen LogP contribution in [0.3, 0.4) is 0 Å². The highest BCUT2D eigenvalue weighted by Crippen LogP contribution is 2.19. The third-order valence-corrected chi connectivity index (χ3v) is 8.36. The maximum Gasteiger partial charge on any atom is 0.214 e. The van der Waals surface area contributed by atoms with E-state index < -0.39 is 0 Å². The monoisotopic (exact) mass is 856 g/mol.